The molecule has 4 unspecified atom stereocenters. The van der Waals surface area contributed by atoms with Crippen LogP contribution in [0.25, 0.3) is 0 Å². The van der Waals surface area contributed by atoms with Gasteiger partial charge in [-0.1, -0.05) is 12.8 Å². The summed E-state index contributed by atoms with van der Waals surface area (Å²) < 4.78 is 0. The van der Waals surface area contributed by atoms with Crippen LogP contribution in [0.2, 0.25) is 0 Å². The van der Waals surface area contributed by atoms with Gasteiger partial charge in [-0.15, -0.1) is 0 Å². The molecule has 6 nitrogen and oxygen atoms in total. The average molecular weight is 319 g/mol. The molecule has 23 heavy (non-hydrogen) atoms. The number of hydrogen-bond acceptors (Lipinski definition) is 4. The molecule has 3 amide bonds. The van der Waals surface area contributed by atoms with Crippen molar-refractivity contribution in [2.75, 3.05) is 19.6 Å². The molecular weight excluding hydrogens is 294 g/mol. The van der Waals surface area contributed by atoms with Gasteiger partial charge in [0.2, 0.25) is 17.7 Å². The maximum absolute atomic E-state index is 12.8. The van der Waals surface area contributed by atoms with Gasteiger partial charge in [0, 0.05) is 18.6 Å². The van der Waals surface area contributed by atoms with Gasteiger partial charge in [0.1, 0.15) is 6.54 Å². The zero-order chi connectivity index (χ0) is 16.0. The third-order valence-electron chi connectivity index (χ3n) is 6.17. The van der Waals surface area contributed by atoms with Crippen molar-refractivity contribution in [2.45, 2.75) is 57.0 Å². The van der Waals surface area contributed by atoms with Gasteiger partial charge in [0.25, 0.3) is 0 Å². The molecule has 2 bridgehead atoms. The lowest BCUT2D eigenvalue weighted by atomic mass is 9.81. The molecule has 3 heterocycles. The number of nitrogens with zero attached hydrogens (tertiary/aromatic N) is 2. The molecule has 6 heteroatoms. The Morgan fingerprint density at radius 1 is 0.957 bits per heavy atom. The minimum Gasteiger partial charge on any atom is -0.334 e. The van der Waals surface area contributed by atoms with Crippen LogP contribution in [0.5, 0.6) is 0 Å². The molecule has 3 saturated heterocycles. The summed E-state index contributed by atoms with van der Waals surface area (Å²) in [5.74, 6) is -0.568. The molecule has 3 aliphatic heterocycles. The van der Waals surface area contributed by atoms with Crippen molar-refractivity contribution < 1.29 is 14.4 Å². The van der Waals surface area contributed by atoms with E-state index in [9.17, 15) is 14.4 Å². The van der Waals surface area contributed by atoms with Crippen LogP contribution in [0, 0.1) is 11.8 Å². The third-order valence-corrected chi connectivity index (χ3v) is 6.17. The first-order chi connectivity index (χ1) is 11.2. The number of nitrogens with one attached hydrogen (secondary N) is 1. The van der Waals surface area contributed by atoms with Crippen LogP contribution < -0.4 is 5.32 Å². The zero-order valence-electron chi connectivity index (χ0n) is 13.5. The van der Waals surface area contributed by atoms with E-state index in [0.29, 0.717) is 0 Å². The van der Waals surface area contributed by atoms with E-state index in [1.165, 1.54) is 4.90 Å². The Morgan fingerprint density at radius 2 is 1.61 bits per heavy atom. The van der Waals surface area contributed by atoms with E-state index in [2.05, 4.69) is 5.32 Å². The van der Waals surface area contributed by atoms with Gasteiger partial charge in [0.15, 0.2) is 0 Å². The highest BCUT2D eigenvalue weighted by Gasteiger charge is 2.49. The second-order valence-electron chi connectivity index (χ2n) is 7.44. The summed E-state index contributed by atoms with van der Waals surface area (Å²) in [6.07, 6.45) is 6.68. The number of fused-ring (bicyclic) bond motifs is 3. The van der Waals surface area contributed by atoms with Gasteiger partial charge in [-0.25, -0.2) is 0 Å². The molecular formula is C17H25N3O3. The second kappa shape index (κ2) is 5.89. The highest BCUT2D eigenvalue weighted by molar-refractivity contribution is 6.07. The summed E-state index contributed by atoms with van der Waals surface area (Å²) in [4.78, 5) is 41.1. The first kappa shape index (κ1) is 15.1. The van der Waals surface area contributed by atoms with Gasteiger partial charge < -0.3 is 10.2 Å². The van der Waals surface area contributed by atoms with Crippen molar-refractivity contribution in [3.63, 3.8) is 0 Å². The van der Waals surface area contributed by atoms with Crippen LogP contribution in [-0.4, -0.2) is 59.2 Å². The van der Waals surface area contributed by atoms with Crippen LogP contribution in [0.3, 0.4) is 0 Å². The lowest BCUT2D eigenvalue weighted by Crippen LogP contribution is -2.48. The number of likely N-dealkylation sites (tertiary alicyclic amines) is 1. The number of rotatable bonds is 2. The summed E-state index contributed by atoms with van der Waals surface area (Å²) in [6.45, 7) is 1.73. The first-order valence-corrected chi connectivity index (χ1v) is 9.04. The summed E-state index contributed by atoms with van der Waals surface area (Å²) >= 11 is 0. The van der Waals surface area contributed by atoms with Gasteiger partial charge >= 0.3 is 0 Å². The maximum Gasteiger partial charge on any atom is 0.243 e. The van der Waals surface area contributed by atoms with Crippen LogP contribution >= 0.6 is 0 Å². The molecule has 0 radical (unpaired) electrons. The minimum atomic E-state index is -0.161. The monoisotopic (exact) mass is 319 g/mol. The van der Waals surface area contributed by atoms with Crippen LogP contribution in [0.1, 0.15) is 44.9 Å². The van der Waals surface area contributed by atoms with E-state index < -0.39 is 0 Å². The molecule has 1 aliphatic carbocycles. The second-order valence-corrected chi connectivity index (χ2v) is 7.44. The Morgan fingerprint density at radius 3 is 2.30 bits per heavy atom. The van der Waals surface area contributed by atoms with E-state index in [1.54, 1.807) is 0 Å². The van der Waals surface area contributed by atoms with Crippen molar-refractivity contribution in [3.8, 4) is 0 Å². The first-order valence-electron chi connectivity index (χ1n) is 9.04. The highest BCUT2D eigenvalue weighted by Crippen LogP contribution is 2.38. The van der Waals surface area contributed by atoms with Crippen molar-refractivity contribution in [1.29, 1.82) is 0 Å². The molecule has 4 aliphatic rings. The van der Waals surface area contributed by atoms with Gasteiger partial charge in [-0.05, 0) is 38.6 Å². The van der Waals surface area contributed by atoms with E-state index in [1.807, 2.05) is 4.90 Å². The fourth-order valence-electron chi connectivity index (χ4n) is 4.99. The molecule has 4 rings (SSSR count). The Kier molecular flexibility index (Phi) is 3.87. The molecule has 0 spiro atoms. The standard InChI is InChI=1S/C17H25N3O3/c21-15(20-11-5-6-12(20)9-18-8-7-11)10-19-16(22)13-3-1-2-4-14(13)17(19)23/h11-14,18H,1-10H2. The van der Waals surface area contributed by atoms with Gasteiger partial charge in [-0.3, -0.25) is 19.3 Å². The molecule has 4 atom stereocenters. The molecule has 0 aromatic carbocycles. The molecule has 1 N–H and O–H groups in total. The molecule has 0 aromatic rings. The Balaban J connectivity index is 1.48. The maximum atomic E-state index is 12.8. The smallest absolute Gasteiger partial charge is 0.243 e. The Labute approximate surface area is 136 Å². The van der Waals surface area contributed by atoms with Gasteiger partial charge in [-0.2, -0.15) is 0 Å². The third kappa shape index (κ3) is 2.47. The van der Waals surface area contributed by atoms with Gasteiger partial charge in [0.05, 0.1) is 11.8 Å². The summed E-state index contributed by atoms with van der Waals surface area (Å²) in [6, 6.07) is 0.502. The van der Waals surface area contributed by atoms with Crippen LogP contribution in [0.4, 0.5) is 0 Å². The SMILES string of the molecule is O=C1C2CCCCC2C(=O)N1CC(=O)N1C2CCNCC1CC2. The van der Waals surface area contributed by atoms with Crippen molar-refractivity contribution >= 4 is 17.7 Å². The normalized spacial score (nSPS) is 37.0. The van der Waals surface area contributed by atoms with Crippen LogP contribution in [0.15, 0.2) is 0 Å². The summed E-state index contributed by atoms with van der Waals surface area (Å²) in [5.41, 5.74) is 0. The topological polar surface area (TPSA) is 69.7 Å². The van der Waals surface area contributed by atoms with Crippen LogP contribution in [-0.2, 0) is 14.4 Å². The van der Waals surface area contributed by atoms with E-state index in [-0.39, 0.29) is 48.2 Å². The largest absolute Gasteiger partial charge is 0.334 e. The van der Waals surface area contributed by atoms with E-state index in [4.69, 9.17) is 0 Å². The number of carbonyl (C=O) groups excluding carboxylic acids is 3. The number of amides is 3. The van der Waals surface area contributed by atoms with Crippen molar-refractivity contribution in [2.24, 2.45) is 11.8 Å². The van der Waals surface area contributed by atoms with E-state index in [0.717, 1.165) is 58.0 Å². The Hall–Kier alpha value is -1.43. The fraction of sp³-hybridized carbons (Fsp3) is 0.824. The predicted molar refractivity (Wildman–Crippen MR) is 83.3 cm³/mol. The minimum absolute atomic E-state index is 0.0402. The van der Waals surface area contributed by atoms with E-state index >= 15 is 0 Å². The summed E-state index contributed by atoms with van der Waals surface area (Å²) in [7, 11) is 0. The molecule has 0 aromatic heterocycles. The molecule has 1 saturated carbocycles. The lowest BCUT2D eigenvalue weighted by Gasteiger charge is -2.29. The molecule has 4 fully saturated rings. The zero-order valence-corrected chi connectivity index (χ0v) is 13.5. The average Bonchev–Trinajstić information content (AvgIpc) is 2.95. The number of hydrogen-bond donors (Lipinski definition) is 1. The Bertz CT molecular complexity index is 497. The quantitative estimate of drug-likeness (QED) is 0.753. The van der Waals surface area contributed by atoms with Crippen molar-refractivity contribution in [1.82, 2.24) is 15.1 Å². The molecule has 126 valence electrons. The number of imide groups is 1. The predicted octanol–water partition coefficient (Wildman–Crippen LogP) is 0.515. The lowest BCUT2D eigenvalue weighted by molar-refractivity contribution is -0.147. The highest BCUT2D eigenvalue weighted by atomic mass is 16.2. The fourth-order valence-corrected chi connectivity index (χ4v) is 4.99. The summed E-state index contributed by atoms with van der Waals surface area (Å²) in [5, 5.41) is 3.37. The van der Waals surface area contributed by atoms with Crippen molar-refractivity contribution in [3.05, 3.63) is 0 Å². The number of carbonyl (C=O) groups is 3.